The van der Waals surface area contributed by atoms with Gasteiger partial charge in [-0.2, -0.15) is 0 Å². The van der Waals surface area contributed by atoms with Crippen LogP contribution in [0.2, 0.25) is 0 Å². The van der Waals surface area contributed by atoms with Crippen molar-refractivity contribution in [3.8, 4) is 22.3 Å². The lowest BCUT2D eigenvalue weighted by atomic mass is 9.95. The first kappa shape index (κ1) is 24.5. The number of halogens is 1. The first-order chi connectivity index (χ1) is 18.2. The van der Waals surface area contributed by atoms with Gasteiger partial charge in [0.1, 0.15) is 0 Å². The summed E-state index contributed by atoms with van der Waals surface area (Å²) in [4.78, 5) is 16.8. The lowest BCUT2D eigenvalue weighted by molar-refractivity contribution is -0.115. The van der Waals surface area contributed by atoms with Gasteiger partial charge >= 0.3 is 0 Å². The molecule has 0 bridgehead atoms. The van der Waals surface area contributed by atoms with Crippen LogP contribution < -0.4 is 10.6 Å². The maximum Gasteiger partial charge on any atom is 0.228 e. The number of pyridine rings is 1. The van der Waals surface area contributed by atoms with Gasteiger partial charge in [0.15, 0.2) is 0 Å². The number of hydrogen-bond acceptors (Lipinski definition) is 3. The fourth-order valence-corrected chi connectivity index (χ4v) is 4.65. The Kier molecular flexibility index (Phi) is 7.72. The zero-order chi connectivity index (χ0) is 25.5. The van der Waals surface area contributed by atoms with E-state index in [0.717, 1.165) is 27.0 Å². The van der Waals surface area contributed by atoms with Crippen LogP contribution in [-0.4, -0.2) is 10.9 Å². The number of aromatic nitrogens is 1. The molecule has 0 spiro atoms. The molecule has 0 saturated carbocycles. The van der Waals surface area contributed by atoms with E-state index < -0.39 is 0 Å². The molecule has 0 saturated heterocycles. The van der Waals surface area contributed by atoms with Crippen LogP contribution in [0.5, 0.6) is 0 Å². The highest BCUT2D eigenvalue weighted by Gasteiger charge is 2.12. The molecule has 182 valence electrons. The number of carbonyl (C=O) groups is 1. The van der Waals surface area contributed by atoms with Crippen molar-refractivity contribution in [2.75, 3.05) is 10.6 Å². The zero-order valence-corrected chi connectivity index (χ0v) is 21.8. The quantitative estimate of drug-likeness (QED) is 0.207. The molecule has 2 N–H and O–H groups in total. The minimum Gasteiger partial charge on any atom is -0.379 e. The molecule has 0 atom stereocenters. The molecule has 5 rings (SSSR count). The lowest BCUT2D eigenvalue weighted by Crippen LogP contribution is -2.16. The topological polar surface area (TPSA) is 54.0 Å². The average molecular weight is 548 g/mol. The van der Waals surface area contributed by atoms with E-state index in [2.05, 4.69) is 98.3 Å². The van der Waals surface area contributed by atoms with Crippen LogP contribution in [0.1, 0.15) is 11.1 Å². The smallest absolute Gasteiger partial charge is 0.228 e. The van der Waals surface area contributed by atoms with Crippen LogP contribution in [0.15, 0.2) is 126 Å². The van der Waals surface area contributed by atoms with Crippen LogP contribution in [0, 0.1) is 0 Å². The molecule has 4 aromatic carbocycles. The molecule has 0 aliphatic rings. The monoisotopic (exact) mass is 547 g/mol. The van der Waals surface area contributed by atoms with E-state index in [1.165, 1.54) is 22.3 Å². The Morgan fingerprint density at radius 3 is 2.14 bits per heavy atom. The molecule has 1 heterocycles. The van der Waals surface area contributed by atoms with E-state index in [1.807, 2.05) is 42.5 Å². The van der Waals surface area contributed by atoms with Crippen molar-refractivity contribution in [1.29, 1.82) is 0 Å². The standard InChI is InChI=1S/C32H26BrN3O/c33-28-12-14-30(36-32(37)19-23-15-17-34-18-16-23)31(21-28)35-22-27-20-26(24-7-3-1-4-8-24)11-13-29(27)25-9-5-2-6-10-25/h1-18,20-21,35H,19,22H2,(H,36,37). The molecular formula is C32H26BrN3O. The summed E-state index contributed by atoms with van der Waals surface area (Å²) in [6.07, 6.45) is 3.68. The van der Waals surface area contributed by atoms with Crippen molar-refractivity contribution < 1.29 is 4.79 Å². The van der Waals surface area contributed by atoms with Gasteiger partial charge < -0.3 is 10.6 Å². The van der Waals surface area contributed by atoms with Crippen molar-refractivity contribution in [1.82, 2.24) is 4.98 Å². The first-order valence-corrected chi connectivity index (χ1v) is 12.9. The van der Waals surface area contributed by atoms with Gasteiger partial charge in [-0.15, -0.1) is 0 Å². The summed E-state index contributed by atoms with van der Waals surface area (Å²) in [6.45, 7) is 0.592. The van der Waals surface area contributed by atoms with E-state index in [-0.39, 0.29) is 12.3 Å². The third-order valence-electron chi connectivity index (χ3n) is 6.14. The van der Waals surface area contributed by atoms with Gasteiger partial charge in [-0.25, -0.2) is 0 Å². The maximum absolute atomic E-state index is 12.8. The fourth-order valence-electron chi connectivity index (χ4n) is 4.29. The van der Waals surface area contributed by atoms with E-state index in [9.17, 15) is 4.79 Å². The third-order valence-corrected chi connectivity index (χ3v) is 6.63. The summed E-state index contributed by atoms with van der Waals surface area (Å²) in [5.74, 6) is -0.0763. The molecule has 4 nitrogen and oxygen atoms in total. The van der Waals surface area contributed by atoms with E-state index >= 15 is 0 Å². The Bertz CT molecular complexity index is 1490. The van der Waals surface area contributed by atoms with Crippen LogP contribution in [0.3, 0.4) is 0 Å². The van der Waals surface area contributed by atoms with E-state index in [0.29, 0.717) is 6.54 Å². The minimum atomic E-state index is -0.0763. The summed E-state index contributed by atoms with van der Waals surface area (Å²) < 4.78 is 0.934. The second kappa shape index (κ2) is 11.7. The molecule has 0 aliphatic heterocycles. The molecule has 1 amide bonds. The van der Waals surface area contributed by atoms with Gasteiger partial charge in [0.25, 0.3) is 0 Å². The minimum absolute atomic E-state index is 0.0763. The highest BCUT2D eigenvalue weighted by atomic mass is 79.9. The number of rotatable bonds is 8. The predicted octanol–water partition coefficient (Wildman–Crippen LogP) is 7.97. The Morgan fingerprint density at radius 2 is 1.41 bits per heavy atom. The highest BCUT2D eigenvalue weighted by molar-refractivity contribution is 9.10. The van der Waals surface area contributed by atoms with Crippen LogP contribution >= 0.6 is 15.9 Å². The highest BCUT2D eigenvalue weighted by Crippen LogP contribution is 2.31. The second-order valence-electron chi connectivity index (χ2n) is 8.73. The van der Waals surface area contributed by atoms with Crippen molar-refractivity contribution in [2.24, 2.45) is 0 Å². The fraction of sp³-hybridized carbons (Fsp3) is 0.0625. The summed E-state index contributed by atoms with van der Waals surface area (Å²) in [5.41, 5.74) is 8.35. The zero-order valence-electron chi connectivity index (χ0n) is 20.2. The van der Waals surface area contributed by atoms with Crippen molar-refractivity contribution >= 4 is 33.2 Å². The Hall–Kier alpha value is -4.22. The maximum atomic E-state index is 12.8. The lowest BCUT2D eigenvalue weighted by Gasteiger charge is -2.17. The third kappa shape index (κ3) is 6.32. The molecule has 5 aromatic rings. The Morgan fingerprint density at radius 1 is 0.703 bits per heavy atom. The number of benzene rings is 4. The number of nitrogens with one attached hydrogen (secondary N) is 2. The van der Waals surface area contributed by atoms with Crippen molar-refractivity contribution in [3.63, 3.8) is 0 Å². The van der Waals surface area contributed by atoms with Gasteiger partial charge in [0.05, 0.1) is 17.8 Å². The molecule has 1 aromatic heterocycles. The summed E-state index contributed by atoms with van der Waals surface area (Å²) >= 11 is 3.58. The van der Waals surface area contributed by atoms with Gasteiger partial charge in [-0.1, -0.05) is 88.7 Å². The molecule has 37 heavy (non-hydrogen) atoms. The SMILES string of the molecule is O=C(Cc1ccncc1)Nc1ccc(Br)cc1NCc1cc(-c2ccccc2)ccc1-c1ccccc1. The normalized spacial score (nSPS) is 10.6. The molecule has 0 radical (unpaired) electrons. The number of anilines is 2. The Balaban J connectivity index is 1.42. The van der Waals surface area contributed by atoms with E-state index in [4.69, 9.17) is 0 Å². The van der Waals surface area contributed by atoms with Crippen LogP contribution in [-0.2, 0) is 17.8 Å². The van der Waals surface area contributed by atoms with E-state index in [1.54, 1.807) is 12.4 Å². The number of amides is 1. The summed E-state index contributed by atoms with van der Waals surface area (Å²) in [6, 6.07) is 36.9. The number of hydrogen-bond donors (Lipinski definition) is 2. The number of carbonyl (C=O) groups excluding carboxylic acids is 1. The van der Waals surface area contributed by atoms with Crippen molar-refractivity contribution in [3.05, 3.63) is 137 Å². The molecule has 0 fully saturated rings. The van der Waals surface area contributed by atoms with Gasteiger partial charge in [-0.05, 0) is 69.8 Å². The molecule has 5 heteroatoms. The van der Waals surface area contributed by atoms with Gasteiger partial charge in [0.2, 0.25) is 5.91 Å². The summed E-state index contributed by atoms with van der Waals surface area (Å²) in [7, 11) is 0. The molecule has 0 unspecified atom stereocenters. The van der Waals surface area contributed by atoms with Gasteiger partial charge in [0, 0.05) is 23.4 Å². The van der Waals surface area contributed by atoms with Crippen LogP contribution in [0.4, 0.5) is 11.4 Å². The van der Waals surface area contributed by atoms with Gasteiger partial charge in [-0.3, -0.25) is 9.78 Å². The predicted molar refractivity (Wildman–Crippen MR) is 155 cm³/mol. The Labute approximate surface area is 225 Å². The van der Waals surface area contributed by atoms with Crippen LogP contribution in [0.25, 0.3) is 22.3 Å². The van der Waals surface area contributed by atoms with Crippen molar-refractivity contribution in [2.45, 2.75) is 13.0 Å². The molecule has 0 aliphatic carbocycles. The first-order valence-electron chi connectivity index (χ1n) is 12.1. The second-order valence-corrected chi connectivity index (χ2v) is 9.64. The summed E-state index contributed by atoms with van der Waals surface area (Å²) in [5, 5.41) is 6.64. The number of nitrogens with zero attached hydrogens (tertiary/aromatic N) is 1. The molecular weight excluding hydrogens is 522 g/mol. The average Bonchev–Trinajstić information content (AvgIpc) is 2.94. The largest absolute Gasteiger partial charge is 0.379 e.